The molecule has 0 aromatic heterocycles. The number of rotatable bonds is 10. The van der Waals surface area contributed by atoms with Crippen LogP contribution in [0.15, 0.2) is 5.18 Å². The molecule has 1 aliphatic rings. The largest absolute Gasteiger partial charge is 0.480 e. The number of aliphatic carboxylic acids is 3. The first-order valence-corrected chi connectivity index (χ1v) is 13.6. The van der Waals surface area contributed by atoms with Gasteiger partial charge in [-0.3, -0.25) is 38.8 Å². The van der Waals surface area contributed by atoms with Gasteiger partial charge in [0.25, 0.3) is 5.91 Å². The highest BCUT2D eigenvalue weighted by Gasteiger charge is 2.27. The molecule has 17 heteroatoms. The Balaban J connectivity index is -0.00000141. The molecule has 0 aromatic carbocycles. The standard InChI is InChI=1S/C18H32N6O8.3C2H7N/c19-2-1-14(18(30)31)24-9-7-21(11-15(25)20-32)3-4-22(12-16(26)27)5-6-23(8-10-24)13-17(28)29;3*1-2-3/h14H,1-13,19H2,(H,26,27)(H,28,29)(H,30,31);3*2-3H2,1H3/t14-;;;/m1.../s1. The van der Waals surface area contributed by atoms with Gasteiger partial charge in [0.15, 0.2) is 0 Å². The number of nitroso groups, excluding NO2 is 1. The molecule has 0 unspecified atom stereocenters. The highest BCUT2D eigenvalue weighted by atomic mass is 16.4. The molecule has 1 atom stereocenters. The first kappa shape index (κ1) is 42.8. The van der Waals surface area contributed by atoms with Crippen molar-refractivity contribution in [1.82, 2.24) is 19.6 Å². The lowest BCUT2D eigenvalue weighted by molar-refractivity contribution is -0.144. The normalized spacial score (nSPS) is 16.5. The summed E-state index contributed by atoms with van der Waals surface area (Å²) in [4.78, 5) is 62.9. The number of amides is 1. The zero-order valence-corrected chi connectivity index (χ0v) is 24.8. The van der Waals surface area contributed by atoms with Gasteiger partial charge in [0.1, 0.15) is 6.04 Å². The van der Waals surface area contributed by atoms with Crippen LogP contribution in [0.25, 0.3) is 0 Å². The molecular weight excluding hydrogens is 542 g/mol. The van der Waals surface area contributed by atoms with Gasteiger partial charge in [-0.2, -0.15) is 0 Å². The van der Waals surface area contributed by atoms with Crippen LogP contribution in [0.3, 0.4) is 0 Å². The molecule has 1 fully saturated rings. The molecule has 1 amide bonds. The van der Waals surface area contributed by atoms with Gasteiger partial charge in [-0.1, -0.05) is 20.8 Å². The lowest BCUT2D eigenvalue weighted by Crippen LogP contribution is -2.52. The number of hydrogen-bond acceptors (Lipinski definition) is 13. The Hall–Kier alpha value is -2.64. The van der Waals surface area contributed by atoms with E-state index in [9.17, 15) is 34.3 Å². The molecule has 1 aliphatic heterocycles. The van der Waals surface area contributed by atoms with Crippen LogP contribution in [-0.2, 0) is 19.2 Å². The molecule has 0 aromatic rings. The van der Waals surface area contributed by atoms with Crippen molar-refractivity contribution in [3.05, 3.63) is 4.91 Å². The highest BCUT2D eigenvalue weighted by Crippen LogP contribution is 2.08. The second-order valence-electron chi connectivity index (χ2n) is 8.79. The van der Waals surface area contributed by atoms with Crippen molar-refractivity contribution in [2.45, 2.75) is 33.2 Å². The molecular formula is C24H53N9O8. The lowest BCUT2D eigenvalue weighted by Gasteiger charge is -2.35. The van der Waals surface area contributed by atoms with Crippen LogP contribution in [0.5, 0.6) is 0 Å². The van der Waals surface area contributed by atoms with Crippen molar-refractivity contribution >= 4 is 23.8 Å². The van der Waals surface area contributed by atoms with Crippen molar-refractivity contribution in [2.24, 2.45) is 28.1 Å². The monoisotopic (exact) mass is 595 g/mol. The molecule has 0 aliphatic carbocycles. The zero-order valence-electron chi connectivity index (χ0n) is 24.8. The molecule has 17 nitrogen and oxygen atoms in total. The van der Waals surface area contributed by atoms with E-state index < -0.39 is 29.9 Å². The van der Waals surface area contributed by atoms with Gasteiger partial charge >= 0.3 is 17.9 Å². The second-order valence-corrected chi connectivity index (χ2v) is 8.79. The number of carboxylic acids is 3. The molecule has 242 valence electrons. The van der Waals surface area contributed by atoms with Crippen molar-refractivity contribution in [3.63, 3.8) is 0 Å². The predicted molar refractivity (Wildman–Crippen MR) is 156 cm³/mol. The van der Waals surface area contributed by atoms with E-state index in [1.807, 2.05) is 20.8 Å². The summed E-state index contributed by atoms with van der Waals surface area (Å²) in [5, 5.41) is 30.4. The highest BCUT2D eigenvalue weighted by molar-refractivity contribution is 5.78. The van der Waals surface area contributed by atoms with E-state index in [-0.39, 0.29) is 85.0 Å². The van der Waals surface area contributed by atoms with Gasteiger partial charge in [-0.15, -0.1) is 4.91 Å². The molecule has 11 N–H and O–H groups in total. The molecule has 41 heavy (non-hydrogen) atoms. The Morgan fingerprint density at radius 2 is 0.976 bits per heavy atom. The summed E-state index contributed by atoms with van der Waals surface area (Å²) >= 11 is 0. The number of carbonyl (C=O) groups is 4. The first-order chi connectivity index (χ1) is 19.4. The van der Waals surface area contributed by atoms with Crippen LogP contribution in [-0.4, -0.2) is 163 Å². The fraction of sp³-hybridized carbons (Fsp3) is 0.833. The summed E-state index contributed by atoms with van der Waals surface area (Å²) in [6.07, 6.45) is 0.190. The van der Waals surface area contributed by atoms with E-state index in [4.69, 9.17) is 28.0 Å². The van der Waals surface area contributed by atoms with Gasteiger partial charge in [0, 0.05) is 57.5 Å². The Morgan fingerprint density at radius 1 is 0.659 bits per heavy atom. The van der Waals surface area contributed by atoms with Crippen LogP contribution < -0.4 is 22.9 Å². The fourth-order valence-corrected chi connectivity index (χ4v) is 3.56. The topological polar surface area (TPSA) is 275 Å². The van der Waals surface area contributed by atoms with Gasteiger partial charge in [0.2, 0.25) is 0 Å². The zero-order chi connectivity index (χ0) is 32.2. The number of hydrogen-bond donors (Lipinski definition) is 7. The SMILES string of the molecule is CCN.CCN.CCN.NCC[C@H](C(=O)O)N1CCN(CC(=O)O)CCN(CC(=O)O)CCN(CC(=O)N=O)CC1. The predicted octanol–water partition coefficient (Wildman–Crippen LogP) is -2.63. The maximum atomic E-state index is 11.8. The van der Waals surface area contributed by atoms with Crippen molar-refractivity contribution in [3.8, 4) is 0 Å². The maximum absolute atomic E-state index is 11.8. The second kappa shape index (κ2) is 28.9. The van der Waals surface area contributed by atoms with E-state index >= 15 is 0 Å². The third kappa shape index (κ3) is 26.0. The van der Waals surface area contributed by atoms with Crippen molar-refractivity contribution < 1.29 is 34.5 Å². The van der Waals surface area contributed by atoms with E-state index in [1.54, 1.807) is 19.6 Å². The average Bonchev–Trinajstić information content (AvgIpc) is 2.88. The minimum atomic E-state index is -1.06. The van der Waals surface area contributed by atoms with Crippen LogP contribution >= 0.6 is 0 Å². The van der Waals surface area contributed by atoms with E-state index in [1.165, 1.54) is 0 Å². The number of carboxylic acid groups (broad SMARTS) is 3. The number of nitrogens with zero attached hydrogens (tertiary/aromatic N) is 5. The molecule has 0 radical (unpaired) electrons. The molecule has 1 rings (SSSR count). The molecule has 1 saturated heterocycles. The van der Waals surface area contributed by atoms with Crippen LogP contribution in [0.1, 0.15) is 27.2 Å². The summed E-state index contributed by atoms with van der Waals surface area (Å²) in [6.45, 7) is 9.26. The summed E-state index contributed by atoms with van der Waals surface area (Å²) in [7, 11) is 0. The fourth-order valence-electron chi connectivity index (χ4n) is 3.56. The third-order valence-electron chi connectivity index (χ3n) is 5.22. The number of nitrogens with two attached hydrogens (primary N) is 4. The van der Waals surface area contributed by atoms with Gasteiger partial charge in [0.05, 0.1) is 19.6 Å². The van der Waals surface area contributed by atoms with E-state index in [0.29, 0.717) is 0 Å². The van der Waals surface area contributed by atoms with E-state index in [2.05, 4.69) is 5.18 Å². The summed E-state index contributed by atoms with van der Waals surface area (Å²) in [5.74, 6) is -4.03. The molecule has 0 saturated carbocycles. The van der Waals surface area contributed by atoms with E-state index in [0.717, 1.165) is 19.6 Å². The third-order valence-corrected chi connectivity index (χ3v) is 5.22. The minimum absolute atomic E-state index is 0.147. The molecule has 0 bridgehead atoms. The quantitative estimate of drug-likeness (QED) is 0.127. The molecule has 0 spiro atoms. The number of carbonyl (C=O) groups excluding carboxylic acids is 1. The van der Waals surface area contributed by atoms with Gasteiger partial charge < -0.3 is 38.3 Å². The Bertz CT molecular complexity index is 714. The van der Waals surface area contributed by atoms with Crippen molar-refractivity contribution in [2.75, 3.05) is 98.2 Å². The molecule has 1 heterocycles. The van der Waals surface area contributed by atoms with Gasteiger partial charge in [-0.25, -0.2) is 0 Å². The summed E-state index contributed by atoms with van der Waals surface area (Å²) in [5.41, 5.74) is 20.1. The van der Waals surface area contributed by atoms with Crippen LogP contribution in [0.2, 0.25) is 0 Å². The lowest BCUT2D eigenvalue weighted by atomic mass is 10.1. The first-order valence-electron chi connectivity index (χ1n) is 13.6. The summed E-state index contributed by atoms with van der Waals surface area (Å²) in [6, 6.07) is -0.889. The van der Waals surface area contributed by atoms with Crippen LogP contribution in [0.4, 0.5) is 0 Å². The maximum Gasteiger partial charge on any atom is 0.320 e. The Kier molecular flexibility index (Phi) is 30.2. The van der Waals surface area contributed by atoms with Crippen LogP contribution in [0, 0.1) is 4.91 Å². The van der Waals surface area contributed by atoms with Gasteiger partial charge in [-0.05, 0) is 32.6 Å². The Labute approximate surface area is 242 Å². The smallest absolute Gasteiger partial charge is 0.320 e. The minimum Gasteiger partial charge on any atom is -0.480 e. The summed E-state index contributed by atoms with van der Waals surface area (Å²) < 4.78 is 0. The average molecular weight is 596 g/mol. The Morgan fingerprint density at radius 3 is 1.24 bits per heavy atom. The van der Waals surface area contributed by atoms with Crippen molar-refractivity contribution in [1.29, 1.82) is 0 Å².